The number of nitrogens with one attached hydrogen (secondary N) is 2. The van der Waals surface area contributed by atoms with Gasteiger partial charge in [0.1, 0.15) is 0 Å². The van der Waals surface area contributed by atoms with Crippen molar-refractivity contribution in [3.63, 3.8) is 0 Å². The van der Waals surface area contributed by atoms with Crippen molar-refractivity contribution in [2.45, 2.75) is 32.4 Å². The zero-order valence-corrected chi connectivity index (χ0v) is 13.9. The van der Waals surface area contributed by atoms with E-state index in [1.807, 2.05) is 13.2 Å². The lowest BCUT2D eigenvalue weighted by atomic mass is 10.1. The zero-order valence-electron chi connectivity index (χ0n) is 13.9. The van der Waals surface area contributed by atoms with Crippen LogP contribution in [0.25, 0.3) is 0 Å². The van der Waals surface area contributed by atoms with Crippen molar-refractivity contribution in [3.05, 3.63) is 47.7 Å². The molecule has 5 heteroatoms. The Morgan fingerprint density at radius 1 is 1.22 bits per heavy atom. The summed E-state index contributed by atoms with van der Waals surface area (Å²) in [6.45, 7) is 5.03. The first-order valence-corrected chi connectivity index (χ1v) is 8.35. The van der Waals surface area contributed by atoms with Crippen molar-refractivity contribution < 1.29 is 0 Å². The van der Waals surface area contributed by atoms with E-state index in [1.165, 1.54) is 17.5 Å². The van der Waals surface area contributed by atoms with E-state index in [0.29, 0.717) is 6.04 Å². The fourth-order valence-corrected chi connectivity index (χ4v) is 2.93. The van der Waals surface area contributed by atoms with Crippen molar-refractivity contribution in [2.75, 3.05) is 30.4 Å². The van der Waals surface area contributed by atoms with E-state index >= 15 is 0 Å². The maximum Gasteiger partial charge on any atom is 0.150 e. The van der Waals surface area contributed by atoms with Gasteiger partial charge in [-0.25, -0.2) is 0 Å². The van der Waals surface area contributed by atoms with Crippen LogP contribution in [0.15, 0.2) is 36.5 Å². The summed E-state index contributed by atoms with van der Waals surface area (Å²) in [6.07, 6.45) is 4.09. The standard InChI is InChI=1S/C18H25N5/c1-3-14-4-6-15(7-5-14)11-20-18-10-17(12-21-22-18)23-9-8-16(13-23)19-2/h4-7,10,12,16,19H,3,8-9,11,13H2,1-2H3,(H,20,22)/t16-/m0/s1. The lowest BCUT2D eigenvalue weighted by molar-refractivity contribution is 0.617. The van der Waals surface area contributed by atoms with E-state index < -0.39 is 0 Å². The second-order valence-electron chi connectivity index (χ2n) is 6.04. The monoisotopic (exact) mass is 311 g/mol. The van der Waals surface area contributed by atoms with Gasteiger partial charge in [-0.1, -0.05) is 31.2 Å². The second kappa shape index (κ2) is 7.42. The molecule has 1 aromatic carbocycles. The van der Waals surface area contributed by atoms with Crippen LogP contribution in [0.3, 0.4) is 0 Å². The summed E-state index contributed by atoms with van der Waals surface area (Å²) in [6, 6.07) is 11.4. The van der Waals surface area contributed by atoms with Crippen LogP contribution in [-0.4, -0.2) is 36.4 Å². The number of hydrogen-bond donors (Lipinski definition) is 2. The van der Waals surface area contributed by atoms with E-state index in [-0.39, 0.29) is 0 Å². The fraction of sp³-hybridized carbons (Fsp3) is 0.444. The summed E-state index contributed by atoms with van der Waals surface area (Å²) in [4.78, 5) is 2.36. The molecule has 1 aliphatic heterocycles. The molecule has 122 valence electrons. The van der Waals surface area contributed by atoms with Crippen LogP contribution in [0.2, 0.25) is 0 Å². The van der Waals surface area contributed by atoms with Crippen LogP contribution in [0, 0.1) is 0 Å². The van der Waals surface area contributed by atoms with Crippen LogP contribution < -0.4 is 15.5 Å². The molecule has 1 fully saturated rings. The molecule has 23 heavy (non-hydrogen) atoms. The third kappa shape index (κ3) is 3.99. The number of aryl methyl sites for hydroxylation is 1. The molecule has 0 spiro atoms. The van der Waals surface area contributed by atoms with Gasteiger partial charge in [-0.3, -0.25) is 0 Å². The summed E-state index contributed by atoms with van der Waals surface area (Å²) >= 11 is 0. The Bertz CT molecular complexity index is 626. The quantitative estimate of drug-likeness (QED) is 0.858. The summed E-state index contributed by atoms with van der Waals surface area (Å²) in [5, 5.41) is 15.1. The molecule has 0 aliphatic carbocycles. The third-order valence-electron chi connectivity index (χ3n) is 4.51. The van der Waals surface area contributed by atoms with Crippen LogP contribution in [0.4, 0.5) is 11.5 Å². The molecule has 0 amide bonds. The molecule has 0 saturated carbocycles. The summed E-state index contributed by atoms with van der Waals surface area (Å²) < 4.78 is 0. The number of nitrogens with zero attached hydrogens (tertiary/aromatic N) is 3. The Balaban J connectivity index is 1.61. The minimum absolute atomic E-state index is 0.566. The number of benzene rings is 1. The molecular formula is C18H25N5. The van der Waals surface area contributed by atoms with Gasteiger partial charge >= 0.3 is 0 Å². The highest BCUT2D eigenvalue weighted by molar-refractivity contribution is 5.53. The number of likely N-dealkylation sites (N-methyl/N-ethyl adjacent to an activating group) is 1. The van der Waals surface area contributed by atoms with Gasteiger partial charge in [0, 0.05) is 31.7 Å². The first kappa shape index (κ1) is 15.7. The summed E-state index contributed by atoms with van der Waals surface area (Å²) in [5.74, 6) is 0.829. The number of hydrogen-bond acceptors (Lipinski definition) is 5. The maximum absolute atomic E-state index is 4.20. The third-order valence-corrected chi connectivity index (χ3v) is 4.51. The first-order chi connectivity index (χ1) is 11.3. The van der Waals surface area contributed by atoms with Crippen LogP contribution in [-0.2, 0) is 13.0 Å². The molecule has 1 saturated heterocycles. The summed E-state index contributed by atoms with van der Waals surface area (Å²) in [5.41, 5.74) is 3.76. The molecule has 2 N–H and O–H groups in total. The minimum Gasteiger partial charge on any atom is -0.369 e. The largest absolute Gasteiger partial charge is 0.369 e. The Morgan fingerprint density at radius 3 is 2.70 bits per heavy atom. The van der Waals surface area contributed by atoms with Gasteiger partial charge in [-0.05, 0) is 31.0 Å². The van der Waals surface area contributed by atoms with E-state index in [1.54, 1.807) is 0 Å². The van der Waals surface area contributed by atoms with Gasteiger partial charge in [-0.15, -0.1) is 5.10 Å². The normalized spacial score (nSPS) is 17.5. The van der Waals surface area contributed by atoms with Gasteiger partial charge in [0.15, 0.2) is 5.82 Å². The van der Waals surface area contributed by atoms with E-state index in [2.05, 4.69) is 63.0 Å². The molecule has 2 heterocycles. The Morgan fingerprint density at radius 2 is 2.00 bits per heavy atom. The molecule has 0 bridgehead atoms. The second-order valence-corrected chi connectivity index (χ2v) is 6.04. The Hall–Kier alpha value is -2.14. The predicted octanol–water partition coefficient (Wildman–Crippen LogP) is 2.45. The van der Waals surface area contributed by atoms with Crippen LogP contribution in [0.5, 0.6) is 0 Å². The van der Waals surface area contributed by atoms with Gasteiger partial charge in [0.2, 0.25) is 0 Å². The number of anilines is 2. The van der Waals surface area contributed by atoms with Crippen molar-refractivity contribution in [2.24, 2.45) is 0 Å². The highest BCUT2D eigenvalue weighted by atomic mass is 15.2. The molecule has 1 aliphatic rings. The summed E-state index contributed by atoms with van der Waals surface area (Å²) in [7, 11) is 2.02. The van der Waals surface area contributed by atoms with Crippen molar-refractivity contribution in [3.8, 4) is 0 Å². The number of aromatic nitrogens is 2. The van der Waals surface area contributed by atoms with Gasteiger partial charge in [0.25, 0.3) is 0 Å². The molecule has 3 rings (SSSR count). The van der Waals surface area contributed by atoms with E-state index in [4.69, 9.17) is 0 Å². The minimum atomic E-state index is 0.566. The molecule has 0 radical (unpaired) electrons. The topological polar surface area (TPSA) is 53.1 Å². The van der Waals surface area contributed by atoms with Crippen molar-refractivity contribution >= 4 is 11.5 Å². The Kier molecular flexibility index (Phi) is 5.08. The average molecular weight is 311 g/mol. The van der Waals surface area contributed by atoms with Crippen LogP contribution >= 0.6 is 0 Å². The van der Waals surface area contributed by atoms with Gasteiger partial charge in [0.05, 0.1) is 11.9 Å². The molecule has 2 aromatic rings. The first-order valence-electron chi connectivity index (χ1n) is 8.35. The number of rotatable bonds is 6. The smallest absolute Gasteiger partial charge is 0.150 e. The Labute approximate surface area is 138 Å². The molecule has 1 aromatic heterocycles. The average Bonchev–Trinajstić information content (AvgIpc) is 3.10. The highest BCUT2D eigenvalue weighted by Crippen LogP contribution is 2.21. The lowest BCUT2D eigenvalue weighted by Gasteiger charge is -2.18. The van der Waals surface area contributed by atoms with Crippen LogP contribution in [0.1, 0.15) is 24.5 Å². The molecule has 5 nitrogen and oxygen atoms in total. The SMILES string of the molecule is CCc1ccc(CNc2cc(N3CC[C@H](NC)C3)cnn2)cc1. The molecular weight excluding hydrogens is 286 g/mol. The lowest BCUT2D eigenvalue weighted by Crippen LogP contribution is -2.29. The maximum atomic E-state index is 4.20. The van der Waals surface area contributed by atoms with Gasteiger partial charge in [-0.2, -0.15) is 5.10 Å². The fourth-order valence-electron chi connectivity index (χ4n) is 2.93. The van der Waals surface area contributed by atoms with Crippen molar-refractivity contribution in [1.29, 1.82) is 0 Å². The molecule has 1 atom stereocenters. The van der Waals surface area contributed by atoms with E-state index in [9.17, 15) is 0 Å². The predicted molar refractivity (Wildman–Crippen MR) is 94.9 cm³/mol. The van der Waals surface area contributed by atoms with E-state index in [0.717, 1.165) is 37.6 Å². The highest BCUT2D eigenvalue weighted by Gasteiger charge is 2.21. The zero-order chi connectivity index (χ0) is 16.1. The van der Waals surface area contributed by atoms with Gasteiger partial charge < -0.3 is 15.5 Å². The molecule has 0 unspecified atom stereocenters. The van der Waals surface area contributed by atoms with Crippen molar-refractivity contribution in [1.82, 2.24) is 15.5 Å².